The van der Waals surface area contributed by atoms with Gasteiger partial charge in [0.05, 0.1) is 5.56 Å². The van der Waals surface area contributed by atoms with Crippen molar-refractivity contribution in [1.82, 2.24) is 5.32 Å². The highest BCUT2D eigenvalue weighted by molar-refractivity contribution is 5.76. The summed E-state index contributed by atoms with van der Waals surface area (Å²) in [5.41, 5.74) is -1.38. The summed E-state index contributed by atoms with van der Waals surface area (Å²) in [5.74, 6) is -2.55. The van der Waals surface area contributed by atoms with Crippen LogP contribution >= 0.6 is 0 Å². The average molecular weight is 279 g/mol. The summed E-state index contributed by atoms with van der Waals surface area (Å²) >= 11 is 0. The van der Waals surface area contributed by atoms with Gasteiger partial charge in [-0.3, -0.25) is 4.79 Å². The van der Waals surface area contributed by atoms with Crippen molar-refractivity contribution in [3.8, 4) is 0 Å². The lowest BCUT2D eigenvalue weighted by atomic mass is 10.0. The summed E-state index contributed by atoms with van der Waals surface area (Å²) in [5, 5.41) is 10.7. The largest absolute Gasteiger partial charge is 0.480 e. The Bertz CT molecular complexity index is 487. The molecule has 1 aromatic carbocycles. The summed E-state index contributed by atoms with van der Waals surface area (Å²) in [6.45, 7) is 0. The van der Waals surface area contributed by atoms with Gasteiger partial charge in [-0.05, 0) is 23.8 Å². The molecule has 0 bridgehead atoms. The first kappa shape index (κ1) is 14.9. The number of amides is 1. The number of alkyl halides is 3. The van der Waals surface area contributed by atoms with E-state index in [9.17, 15) is 27.2 Å². The molecule has 0 saturated carbocycles. The quantitative estimate of drug-likeness (QED) is 0.635. The Labute approximate surface area is 105 Å². The smallest absolute Gasteiger partial charge is 0.416 e. The van der Waals surface area contributed by atoms with Crippen molar-refractivity contribution in [3.05, 3.63) is 35.1 Å². The molecule has 104 valence electrons. The number of carbonyl (C=O) groups is 2. The van der Waals surface area contributed by atoms with Gasteiger partial charge in [-0.25, -0.2) is 9.18 Å². The first-order chi connectivity index (χ1) is 8.74. The standard InChI is InChI=1S/C11H9F4NO3/c12-8-2-6(1-7(4-8)11(13,14)15)3-9(10(18)19)16-5-17/h1-2,4-5,9H,3H2,(H,16,17)(H,18,19). The number of carboxylic acid groups (broad SMARTS) is 1. The van der Waals surface area contributed by atoms with Gasteiger partial charge < -0.3 is 10.4 Å². The van der Waals surface area contributed by atoms with E-state index in [1.165, 1.54) is 0 Å². The summed E-state index contributed by atoms with van der Waals surface area (Å²) in [6.07, 6.45) is -5.06. The number of carbonyl (C=O) groups excluding carboxylic acids is 1. The second-order valence-corrected chi connectivity index (χ2v) is 3.73. The van der Waals surface area contributed by atoms with Crippen molar-refractivity contribution in [2.24, 2.45) is 0 Å². The zero-order valence-corrected chi connectivity index (χ0v) is 9.37. The minimum Gasteiger partial charge on any atom is -0.480 e. The number of carboxylic acids is 1. The van der Waals surface area contributed by atoms with Crippen LogP contribution in [0.2, 0.25) is 0 Å². The van der Waals surface area contributed by atoms with Gasteiger partial charge in [0.25, 0.3) is 0 Å². The number of halogens is 4. The average Bonchev–Trinajstić information content (AvgIpc) is 2.26. The van der Waals surface area contributed by atoms with E-state index in [2.05, 4.69) is 0 Å². The van der Waals surface area contributed by atoms with Crippen LogP contribution in [-0.2, 0) is 22.2 Å². The van der Waals surface area contributed by atoms with Crippen molar-refractivity contribution in [2.75, 3.05) is 0 Å². The molecule has 8 heteroatoms. The zero-order valence-electron chi connectivity index (χ0n) is 9.37. The van der Waals surface area contributed by atoms with E-state index in [4.69, 9.17) is 5.11 Å². The Hall–Kier alpha value is -2.12. The third-order valence-corrected chi connectivity index (χ3v) is 2.29. The van der Waals surface area contributed by atoms with Crippen LogP contribution in [0, 0.1) is 5.82 Å². The second-order valence-electron chi connectivity index (χ2n) is 3.73. The molecule has 0 spiro atoms. The van der Waals surface area contributed by atoms with Gasteiger partial charge in [-0.15, -0.1) is 0 Å². The fourth-order valence-corrected chi connectivity index (χ4v) is 1.47. The molecule has 0 aromatic heterocycles. The van der Waals surface area contributed by atoms with Crippen LogP contribution in [0.15, 0.2) is 18.2 Å². The third kappa shape index (κ3) is 4.23. The Morgan fingerprint density at radius 1 is 1.37 bits per heavy atom. The van der Waals surface area contributed by atoms with Crippen LogP contribution in [0.1, 0.15) is 11.1 Å². The third-order valence-electron chi connectivity index (χ3n) is 2.29. The Balaban J connectivity index is 3.03. The monoisotopic (exact) mass is 279 g/mol. The van der Waals surface area contributed by atoms with Crippen LogP contribution in [0.4, 0.5) is 17.6 Å². The van der Waals surface area contributed by atoms with Gasteiger partial charge >= 0.3 is 12.1 Å². The maximum absolute atomic E-state index is 13.1. The summed E-state index contributed by atoms with van der Waals surface area (Å²) in [7, 11) is 0. The minimum atomic E-state index is -4.73. The normalized spacial score (nSPS) is 12.8. The van der Waals surface area contributed by atoms with Gasteiger partial charge in [0.1, 0.15) is 11.9 Å². The number of rotatable bonds is 5. The molecule has 19 heavy (non-hydrogen) atoms. The van der Waals surface area contributed by atoms with Gasteiger partial charge in [0, 0.05) is 6.42 Å². The van der Waals surface area contributed by atoms with Crippen LogP contribution in [0.3, 0.4) is 0 Å². The fourth-order valence-electron chi connectivity index (χ4n) is 1.47. The molecule has 0 aliphatic rings. The molecule has 0 radical (unpaired) electrons. The number of hydrogen-bond donors (Lipinski definition) is 2. The summed E-state index contributed by atoms with van der Waals surface area (Å²) in [6, 6.07) is 0.329. The maximum atomic E-state index is 13.1. The van der Waals surface area contributed by atoms with Crippen molar-refractivity contribution in [1.29, 1.82) is 0 Å². The topological polar surface area (TPSA) is 66.4 Å². The van der Waals surface area contributed by atoms with Gasteiger partial charge in [0.2, 0.25) is 6.41 Å². The molecule has 1 amide bonds. The number of aliphatic carboxylic acids is 1. The van der Waals surface area contributed by atoms with E-state index in [1.807, 2.05) is 5.32 Å². The molecule has 1 rings (SSSR count). The lowest BCUT2D eigenvalue weighted by Gasteiger charge is -2.13. The lowest BCUT2D eigenvalue weighted by Crippen LogP contribution is -2.37. The highest BCUT2D eigenvalue weighted by Gasteiger charge is 2.31. The highest BCUT2D eigenvalue weighted by atomic mass is 19.4. The van der Waals surface area contributed by atoms with E-state index in [0.717, 1.165) is 6.07 Å². The molecular formula is C11H9F4NO3. The first-order valence-electron chi connectivity index (χ1n) is 5.03. The van der Waals surface area contributed by atoms with Crippen molar-refractivity contribution in [3.63, 3.8) is 0 Å². The SMILES string of the molecule is O=CNC(Cc1cc(F)cc(C(F)(F)F)c1)C(=O)O. The first-order valence-corrected chi connectivity index (χ1v) is 5.03. The highest BCUT2D eigenvalue weighted by Crippen LogP contribution is 2.30. The number of nitrogens with one attached hydrogen (secondary N) is 1. The van der Waals surface area contributed by atoms with E-state index in [1.54, 1.807) is 0 Å². The predicted molar refractivity (Wildman–Crippen MR) is 55.7 cm³/mol. The molecule has 2 N–H and O–H groups in total. The Kier molecular flexibility index (Phi) is 4.47. The van der Waals surface area contributed by atoms with Gasteiger partial charge in [-0.1, -0.05) is 0 Å². The van der Waals surface area contributed by atoms with Gasteiger partial charge in [0.15, 0.2) is 0 Å². The minimum absolute atomic E-state index is 0.114. The summed E-state index contributed by atoms with van der Waals surface area (Å²) in [4.78, 5) is 20.9. The fraction of sp³-hybridized carbons (Fsp3) is 0.273. The van der Waals surface area contributed by atoms with Gasteiger partial charge in [-0.2, -0.15) is 13.2 Å². The summed E-state index contributed by atoms with van der Waals surface area (Å²) < 4.78 is 50.4. The van der Waals surface area contributed by atoms with Crippen LogP contribution in [-0.4, -0.2) is 23.5 Å². The molecule has 0 aliphatic heterocycles. The van der Waals surface area contributed by atoms with Crippen LogP contribution in [0.25, 0.3) is 0 Å². The predicted octanol–water partition coefficient (Wildman–Crippen LogP) is 1.59. The van der Waals surface area contributed by atoms with Crippen LogP contribution < -0.4 is 5.32 Å². The van der Waals surface area contributed by atoms with E-state index in [-0.39, 0.29) is 12.0 Å². The van der Waals surface area contributed by atoms with Crippen LogP contribution in [0.5, 0.6) is 0 Å². The number of hydrogen-bond acceptors (Lipinski definition) is 2. The Morgan fingerprint density at radius 3 is 2.47 bits per heavy atom. The van der Waals surface area contributed by atoms with Crippen molar-refractivity contribution >= 4 is 12.4 Å². The molecule has 0 heterocycles. The molecule has 0 aliphatic carbocycles. The number of benzene rings is 1. The molecule has 1 unspecified atom stereocenters. The van der Waals surface area contributed by atoms with Crippen molar-refractivity contribution in [2.45, 2.75) is 18.6 Å². The molecular weight excluding hydrogens is 270 g/mol. The zero-order chi connectivity index (χ0) is 14.6. The maximum Gasteiger partial charge on any atom is 0.416 e. The van der Waals surface area contributed by atoms with E-state index in [0.29, 0.717) is 12.1 Å². The van der Waals surface area contributed by atoms with E-state index >= 15 is 0 Å². The Morgan fingerprint density at radius 2 is 2.00 bits per heavy atom. The lowest BCUT2D eigenvalue weighted by molar-refractivity contribution is -0.140. The molecule has 0 fully saturated rings. The molecule has 0 saturated heterocycles. The molecule has 1 atom stereocenters. The molecule has 4 nitrogen and oxygen atoms in total. The second kappa shape index (κ2) is 5.68. The molecule has 1 aromatic rings. The van der Waals surface area contributed by atoms with E-state index < -0.39 is 36.0 Å². The van der Waals surface area contributed by atoms with Crippen molar-refractivity contribution < 1.29 is 32.3 Å².